The molecule has 0 aromatic heterocycles. The highest BCUT2D eigenvalue weighted by Gasteiger charge is 2.41. The van der Waals surface area contributed by atoms with Crippen molar-refractivity contribution in [1.29, 1.82) is 0 Å². The van der Waals surface area contributed by atoms with Crippen LogP contribution in [0.4, 0.5) is 4.79 Å². The van der Waals surface area contributed by atoms with Gasteiger partial charge in [-0.25, -0.2) is 4.79 Å². The second kappa shape index (κ2) is 7.38. The lowest BCUT2D eigenvalue weighted by molar-refractivity contribution is -0.137. The largest absolute Gasteiger partial charge is 0.444 e. The van der Waals surface area contributed by atoms with Crippen molar-refractivity contribution in [3.8, 4) is 0 Å². The fourth-order valence-electron chi connectivity index (χ4n) is 2.58. The Kier molecular flexibility index (Phi) is 5.69. The number of hydrogen-bond donors (Lipinski definition) is 2. The maximum Gasteiger partial charge on any atom is 0.408 e. The standard InChI is InChI=1S/C16H27N3O5/c1-16(2,3)24-15(22)17-8-13(20)19-9-11(23-4)7-12(19)14(21)18-10-5-6-10/h10-12H,5-9H2,1-4H3,(H,17,22)(H,18,21)/t11-,12-/m0/s1. The van der Waals surface area contributed by atoms with Gasteiger partial charge < -0.3 is 25.0 Å². The van der Waals surface area contributed by atoms with Crippen molar-refractivity contribution in [3.63, 3.8) is 0 Å². The van der Waals surface area contributed by atoms with Crippen molar-refractivity contribution < 1.29 is 23.9 Å². The summed E-state index contributed by atoms with van der Waals surface area (Å²) >= 11 is 0. The molecule has 1 saturated heterocycles. The maximum atomic E-state index is 12.4. The smallest absolute Gasteiger partial charge is 0.408 e. The third-order valence-corrected chi connectivity index (χ3v) is 3.93. The average Bonchev–Trinajstić information content (AvgIpc) is 3.17. The molecule has 3 amide bonds. The molecule has 1 aliphatic heterocycles. The van der Waals surface area contributed by atoms with Gasteiger partial charge in [0.15, 0.2) is 0 Å². The molecule has 0 aromatic rings. The Morgan fingerprint density at radius 1 is 1.21 bits per heavy atom. The zero-order chi connectivity index (χ0) is 17.9. The molecule has 2 rings (SSSR count). The van der Waals surface area contributed by atoms with Crippen molar-refractivity contribution in [1.82, 2.24) is 15.5 Å². The number of ether oxygens (including phenoxy) is 2. The van der Waals surface area contributed by atoms with E-state index in [9.17, 15) is 14.4 Å². The molecule has 0 aromatic carbocycles. The molecule has 1 aliphatic carbocycles. The lowest BCUT2D eigenvalue weighted by Gasteiger charge is -2.24. The van der Waals surface area contributed by atoms with E-state index in [1.54, 1.807) is 27.9 Å². The van der Waals surface area contributed by atoms with Gasteiger partial charge in [0.1, 0.15) is 18.2 Å². The summed E-state index contributed by atoms with van der Waals surface area (Å²) in [5.41, 5.74) is -0.630. The number of carbonyl (C=O) groups excluding carboxylic acids is 3. The van der Waals surface area contributed by atoms with Crippen LogP contribution in [0.25, 0.3) is 0 Å². The van der Waals surface area contributed by atoms with Crippen molar-refractivity contribution in [3.05, 3.63) is 0 Å². The van der Waals surface area contributed by atoms with Crippen LogP contribution in [-0.2, 0) is 19.1 Å². The summed E-state index contributed by atoms with van der Waals surface area (Å²) in [5, 5.41) is 5.36. The number of hydrogen-bond acceptors (Lipinski definition) is 5. The number of rotatable bonds is 5. The molecule has 24 heavy (non-hydrogen) atoms. The van der Waals surface area contributed by atoms with E-state index in [4.69, 9.17) is 9.47 Å². The van der Waals surface area contributed by atoms with Crippen LogP contribution in [0, 0.1) is 0 Å². The fraction of sp³-hybridized carbons (Fsp3) is 0.812. The monoisotopic (exact) mass is 341 g/mol. The Morgan fingerprint density at radius 3 is 2.42 bits per heavy atom. The van der Waals surface area contributed by atoms with E-state index in [0.29, 0.717) is 13.0 Å². The molecule has 1 saturated carbocycles. The first-order chi connectivity index (χ1) is 11.2. The molecule has 0 unspecified atom stereocenters. The highest BCUT2D eigenvalue weighted by atomic mass is 16.6. The summed E-state index contributed by atoms with van der Waals surface area (Å²) < 4.78 is 10.4. The van der Waals surface area contributed by atoms with Gasteiger partial charge in [-0.2, -0.15) is 0 Å². The minimum Gasteiger partial charge on any atom is -0.444 e. The molecular formula is C16H27N3O5. The Morgan fingerprint density at radius 2 is 1.88 bits per heavy atom. The lowest BCUT2D eigenvalue weighted by atomic mass is 10.2. The molecule has 2 aliphatic rings. The van der Waals surface area contributed by atoms with E-state index in [-0.39, 0.29) is 30.5 Å². The van der Waals surface area contributed by atoms with Crippen LogP contribution in [0.1, 0.15) is 40.0 Å². The minimum absolute atomic E-state index is 0.150. The number of carbonyl (C=O) groups is 3. The van der Waals surface area contributed by atoms with Crippen molar-refractivity contribution in [2.45, 2.75) is 63.8 Å². The van der Waals surface area contributed by atoms with Crippen LogP contribution < -0.4 is 10.6 Å². The van der Waals surface area contributed by atoms with E-state index in [1.807, 2.05) is 0 Å². The summed E-state index contributed by atoms with van der Waals surface area (Å²) in [7, 11) is 1.56. The van der Waals surface area contributed by atoms with Crippen LogP contribution in [0.2, 0.25) is 0 Å². The van der Waals surface area contributed by atoms with E-state index in [2.05, 4.69) is 10.6 Å². The Balaban J connectivity index is 1.89. The molecule has 8 heteroatoms. The number of nitrogens with one attached hydrogen (secondary N) is 2. The zero-order valence-electron chi connectivity index (χ0n) is 14.8. The van der Waals surface area contributed by atoms with Crippen LogP contribution in [-0.4, -0.2) is 66.8 Å². The van der Waals surface area contributed by atoms with E-state index in [0.717, 1.165) is 12.8 Å². The minimum atomic E-state index is -0.655. The van der Waals surface area contributed by atoms with Gasteiger partial charge in [-0.15, -0.1) is 0 Å². The van der Waals surface area contributed by atoms with Gasteiger partial charge >= 0.3 is 6.09 Å². The Labute approximate surface area is 142 Å². The van der Waals surface area contributed by atoms with Crippen molar-refractivity contribution >= 4 is 17.9 Å². The quantitative estimate of drug-likeness (QED) is 0.755. The third-order valence-electron chi connectivity index (χ3n) is 3.93. The fourth-order valence-corrected chi connectivity index (χ4v) is 2.58. The van der Waals surface area contributed by atoms with Gasteiger partial charge in [0, 0.05) is 26.1 Å². The summed E-state index contributed by atoms with van der Waals surface area (Å²) in [6.07, 6.45) is 1.61. The topological polar surface area (TPSA) is 97.0 Å². The van der Waals surface area contributed by atoms with E-state index >= 15 is 0 Å². The normalized spacial score (nSPS) is 23.8. The highest BCUT2D eigenvalue weighted by Crippen LogP contribution is 2.23. The number of amides is 3. The molecule has 136 valence electrons. The first-order valence-corrected chi connectivity index (χ1v) is 8.29. The molecular weight excluding hydrogens is 314 g/mol. The molecule has 0 spiro atoms. The second-order valence-corrected chi connectivity index (χ2v) is 7.29. The van der Waals surface area contributed by atoms with Gasteiger partial charge in [0.05, 0.1) is 6.10 Å². The number of methoxy groups -OCH3 is 1. The lowest BCUT2D eigenvalue weighted by Crippen LogP contribution is -2.49. The first kappa shape index (κ1) is 18.5. The summed E-state index contributed by atoms with van der Waals surface area (Å²) in [6.45, 7) is 5.37. The first-order valence-electron chi connectivity index (χ1n) is 8.29. The molecule has 0 bridgehead atoms. The molecule has 1 heterocycles. The molecule has 2 N–H and O–H groups in total. The summed E-state index contributed by atoms with van der Waals surface area (Å²) in [6, 6.07) is -0.320. The zero-order valence-corrected chi connectivity index (χ0v) is 14.8. The third kappa shape index (κ3) is 5.36. The average molecular weight is 341 g/mol. The summed E-state index contributed by atoms with van der Waals surface area (Å²) in [5.74, 6) is -0.473. The number of alkyl carbamates (subject to hydrolysis) is 1. The second-order valence-electron chi connectivity index (χ2n) is 7.29. The van der Waals surface area contributed by atoms with Crippen molar-refractivity contribution in [2.24, 2.45) is 0 Å². The van der Waals surface area contributed by atoms with Gasteiger partial charge in [-0.05, 0) is 33.6 Å². The molecule has 0 radical (unpaired) electrons. The van der Waals surface area contributed by atoms with E-state index in [1.165, 1.54) is 4.90 Å². The van der Waals surface area contributed by atoms with Gasteiger partial charge in [-0.1, -0.05) is 0 Å². The molecule has 2 atom stereocenters. The Bertz CT molecular complexity index is 498. The Hall–Kier alpha value is -1.83. The number of likely N-dealkylation sites (tertiary alicyclic amines) is 1. The van der Waals surface area contributed by atoms with Crippen LogP contribution in [0.15, 0.2) is 0 Å². The molecule has 8 nitrogen and oxygen atoms in total. The summed E-state index contributed by atoms with van der Waals surface area (Å²) in [4.78, 5) is 37.9. The SMILES string of the molecule is CO[C@H]1C[C@@H](C(=O)NC2CC2)N(C(=O)CNC(=O)OC(C)(C)C)C1. The predicted molar refractivity (Wildman–Crippen MR) is 86.3 cm³/mol. The predicted octanol–water partition coefficient (Wildman–Crippen LogP) is 0.406. The van der Waals surface area contributed by atoms with E-state index < -0.39 is 17.7 Å². The highest BCUT2D eigenvalue weighted by molar-refractivity contribution is 5.90. The number of nitrogens with zero attached hydrogens (tertiary/aromatic N) is 1. The van der Waals surface area contributed by atoms with Crippen LogP contribution in [0.5, 0.6) is 0 Å². The molecule has 2 fully saturated rings. The van der Waals surface area contributed by atoms with Gasteiger partial charge in [-0.3, -0.25) is 9.59 Å². The van der Waals surface area contributed by atoms with Gasteiger partial charge in [0.2, 0.25) is 11.8 Å². The van der Waals surface area contributed by atoms with Gasteiger partial charge in [0.25, 0.3) is 0 Å². The van der Waals surface area contributed by atoms with Crippen LogP contribution in [0.3, 0.4) is 0 Å². The maximum absolute atomic E-state index is 12.4. The van der Waals surface area contributed by atoms with Crippen LogP contribution >= 0.6 is 0 Å². The van der Waals surface area contributed by atoms with Crippen molar-refractivity contribution in [2.75, 3.05) is 20.2 Å².